The van der Waals surface area contributed by atoms with Crippen LogP contribution in [-0.4, -0.2) is 29.4 Å². The Balaban J connectivity index is 0.00000264. The summed E-state index contributed by atoms with van der Waals surface area (Å²) in [4.78, 5) is 11.1. The van der Waals surface area contributed by atoms with Crippen LogP contribution in [0, 0.1) is 12.7 Å². The Labute approximate surface area is 157 Å². The summed E-state index contributed by atoms with van der Waals surface area (Å²) in [5.41, 5.74) is 2.02. The number of aryl methyl sites for hydroxylation is 1. The summed E-state index contributed by atoms with van der Waals surface area (Å²) < 4.78 is 12.9. The Bertz CT molecular complexity index is 627. The number of halogens is 2. The van der Waals surface area contributed by atoms with E-state index < -0.39 is 0 Å². The molecule has 0 amide bonds. The third kappa shape index (κ3) is 6.42. The number of aromatic nitrogens is 1. The van der Waals surface area contributed by atoms with Gasteiger partial charge in [-0.2, -0.15) is 0 Å². The first-order valence-corrected chi connectivity index (χ1v) is 8.11. The topological polar surface area (TPSA) is 40.5 Å². The second kappa shape index (κ2) is 9.82. The molecule has 2 aromatic rings. The van der Waals surface area contributed by atoms with Gasteiger partial charge in [-0.15, -0.1) is 35.3 Å². The Morgan fingerprint density at radius 2 is 2.04 bits per heavy atom. The SMILES string of the molecule is CCNC(=NCc1ccc(F)cc1)N(C)Cc1csc(C)n1.I. The molecular formula is C16H22FIN4S. The predicted molar refractivity (Wildman–Crippen MR) is 105 cm³/mol. The molecule has 0 aliphatic carbocycles. The smallest absolute Gasteiger partial charge is 0.194 e. The molecule has 4 nitrogen and oxygen atoms in total. The lowest BCUT2D eigenvalue weighted by Gasteiger charge is -2.21. The van der Waals surface area contributed by atoms with E-state index in [1.165, 1.54) is 12.1 Å². The van der Waals surface area contributed by atoms with Crippen molar-refractivity contribution in [3.05, 3.63) is 51.7 Å². The molecule has 1 heterocycles. The molecule has 0 aliphatic rings. The zero-order valence-electron chi connectivity index (χ0n) is 13.5. The second-order valence-electron chi connectivity index (χ2n) is 5.01. The maximum Gasteiger partial charge on any atom is 0.194 e. The molecule has 0 bridgehead atoms. The van der Waals surface area contributed by atoms with Gasteiger partial charge in [0.15, 0.2) is 5.96 Å². The molecule has 0 radical (unpaired) electrons. The van der Waals surface area contributed by atoms with Crippen LogP contribution in [0.1, 0.15) is 23.2 Å². The standard InChI is InChI=1S/C16H21FN4S.HI/c1-4-18-16(19-9-13-5-7-14(17)8-6-13)21(3)10-15-11-22-12(2)20-15;/h5-8,11H,4,9-10H2,1-3H3,(H,18,19);1H. The number of hydrogen-bond acceptors (Lipinski definition) is 3. The monoisotopic (exact) mass is 448 g/mol. The van der Waals surface area contributed by atoms with Gasteiger partial charge in [-0.25, -0.2) is 14.4 Å². The molecule has 126 valence electrons. The molecule has 0 saturated carbocycles. The minimum absolute atomic E-state index is 0. The first kappa shape index (κ1) is 19.8. The van der Waals surface area contributed by atoms with Gasteiger partial charge in [0.05, 0.1) is 23.8 Å². The van der Waals surface area contributed by atoms with Crippen LogP contribution in [0.4, 0.5) is 4.39 Å². The van der Waals surface area contributed by atoms with Crippen molar-refractivity contribution in [2.24, 2.45) is 4.99 Å². The van der Waals surface area contributed by atoms with E-state index in [9.17, 15) is 4.39 Å². The highest BCUT2D eigenvalue weighted by molar-refractivity contribution is 14.0. The van der Waals surface area contributed by atoms with E-state index in [4.69, 9.17) is 0 Å². The maximum atomic E-state index is 12.9. The van der Waals surface area contributed by atoms with Gasteiger partial charge >= 0.3 is 0 Å². The van der Waals surface area contributed by atoms with E-state index in [1.54, 1.807) is 23.5 Å². The lowest BCUT2D eigenvalue weighted by molar-refractivity contribution is 0.471. The summed E-state index contributed by atoms with van der Waals surface area (Å²) in [6.07, 6.45) is 0. The lowest BCUT2D eigenvalue weighted by atomic mass is 10.2. The van der Waals surface area contributed by atoms with Crippen molar-refractivity contribution in [3.8, 4) is 0 Å². The number of guanidine groups is 1. The summed E-state index contributed by atoms with van der Waals surface area (Å²) in [6, 6.07) is 6.43. The zero-order chi connectivity index (χ0) is 15.9. The molecule has 1 aromatic carbocycles. The minimum atomic E-state index is -0.226. The summed E-state index contributed by atoms with van der Waals surface area (Å²) in [6.45, 7) is 6.06. The average Bonchev–Trinajstić information content (AvgIpc) is 2.90. The molecule has 0 atom stereocenters. The van der Waals surface area contributed by atoms with Crippen LogP contribution in [0.25, 0.3) is 0 Å². The van der Waals surface area contributed by atoms with Crippen LogP contribution >= 0.6 is 35.3 Å². The van der Waals surface area contributed by atoms with Gasteiger partial charge in [-0.1, -0.05) is 12.1 Å². The van der Waals surface area contributed by atoms with Crippen molar-refractivity contribution in [1.29, 1.82) is 0 Å². The van der Waals surface area contributed by atoms with Gasteiger partial charge in [0, 0.05) is 19.0 Å². The van der Waals surface area contributed by atoms with E-state index >= 15 is 0 Å². The number of thiazole rings is 1. The maximum absolute atomic E-state index is 12.9. The summed E-state index contributed by atoms with van der Waals surface area (Å²) >= 11 is 1.65. The highest BCUT2D eigenvalue weighted by Crippen LogP contribution is 2.10. The number of nitrogens with zero attached hydrogens (tertiary/aromatic N) is 3. The van der Waals surface area contributed by atoms with Crippen LogP contribution in [0.15, 0.2) is 34.6 Å². The van der Waals surface area contributed by atoms with Crippen LogP contribution in [0.5, 0.6) is 0 Å². The van der Waals surface area contributed by atoms with E-state index in [1.807, 2.05) is 25.8 Å². The van der Waals surface area contributed by atoms with Crippen LogP contribution in [0.3, 0.4) is 0 Å². The van der Waals surface area contributed by atoms with Gasteiger partial charge in [0.2, 0.25) is 0 Å². The molecule has 23 heavy (non-hydrogen) atoms. The van der Waals surface area contributed by atoms with Crippen molar-refractivity contribution in [1.82, 2.24) is 15.2 Å². The Morgan fingerprint density at radius 3 is 2.61 bits per heavy atom. The third-order valence-electron chi connectivity index (χ3n) is 3.09. The molecule has 7 heteroatoms. The Morgan fingerprint density at radius 1 is 1.35 bits per heavy atom. The van der Waals surface area contributed by atoms with E-state index in [0.717, 1.165) is 28.8 Å². The summed E-state index contributed by atoms with van der Waals surface area (Å²) in [7, 11) is 1.99. The average molecular weight is 448 g/mol. The first-order chi connectivity index (χ1) is 10.6. The molecule has 0 fully saturated rings. The first-order valence-electron chi connectivity index (χ1n) is 7.23. The molecular weight excluding hydrogens is 426 g/mol. The number of aliphatic imine (C=N–C) groups is 1. The molecule has 0 unspecified atom stereocenters. The quantitative estimate of drug-likeness (QED) is 0.430. The van der Waals surface area contributed by atoms with Crippen molar-refractivity contribution >= 4 is 41.3 Å². The lowest BCUT2D eigenvalue weighted by Crippen LogP contribution is -2.38. The number of hydrogen-bond donors (Lipinski definition) is 1. The normalized spacial score (nSPS) is 11.0. The van der Waals surface area contributed by atoms with E-state index in [0.29, 0.717) is 13.1 Å². The van der Waals surface area contributed by atoms with E-state index in [-0.39, 0.29) is 29.8 Å². The molecule has 2 rings (SSSR count). The Kier molecular flexibility index (Phi) is 8.46. The predicted octanol–water partition coefficient (Wildman–Crippen LogP) is 3.81. The fourth-order valence-corrected chi connectivity index (χ4v) is 2.63. The molecule has 0 spiro atoms. The number of benzene rings is 1. The van der Waals surface area contributed by atoms with Crippen LogP contribution in [-0.2, 0) is 13.1 Å². The molecule has 0 saturated heterocycles. The van der Waals surface area contributed by atoms with Gasteiger partial charge in [-0.3, -0.25) is 0 Å². The minimum Gasteiger partial charge on any atom is -0.357 e. The molecule has 0 aliphatic heterocycles. The van der Waals surface area contributed by atoms with Crippen LogP contribution < -0.4 is 5.32 Å². The summed E-state index contributed by atoms with van der Waals surface area (Å²) in [5, 5.41) is 6.40. The fourth-order valence-electron chi connectivity index (χ4n) is 2.02. The molecule has 1 N–H and O–H groups in total. The Hall–Kier alpha value is -1.22. The van der Waals surface area contributed by atoms with Gasteiger partial charge in [0.1, 0.15) is 5.82 Å². The number of rotatable bonds is 5. The van der Waals surface area contributed by atoms with Crippen molar-refractivity contribution in [2.45, 2.75) is 26.9 Å². The van der Waals surface area contributed by atoms with E-state index in [2.05, 4.69) is 20.7 Å². The van der Waals surface area contributed by atoms with Crippen molar-refractivity contribution in [2.75, 3.05) is 13.6 Å². The van der Waals surface area contributed by atoms with Crippen molar-refractivity contribution < 1.29 is 4.39 Å². The zero-order valence-corrected chi connectivity index (χ0v) is 16.7. The van der Waals surface area contributed by atoms with Crippen molar-refractivity contribution in [3.63, 3.8) is 0 Å². The summed E-state index contributed by atoms with van der Waals surface area (Å²) in [5.74, 6) is 0.591. The molecule has 1 aromatic heterocycles. The highest BCUT2D eigenvalue weighted by Gasteiger charge is 2.08. The number of nitrogens with one attached hydrogen (secondary N) is 1. The second-order valence-corrected chi connectivity index (χ2v) is 6.07. The van der Waals surface area contributed by atoms with Crippen LogP contribution in [0.2, 0.25) is 0 Å². The third-order valence-corrected chi connectivity index (χ3v) is 3.91. The fraction of sp³-hybridized carbons (Fsp3) is 0.375. The largest absolute Gasteiger partial charge is 0.357 e. The van der Waals surface area contributed by atoms with Gasteiger partial charge in [0.25, 0.3) is 0 Å². The van der Waals surface area contributed by atoms with Gasteiger partial charge < -0.3 is 10.2 Å². The van der Waals surface area contributed by atoms with Gasteiger partial charge in [-0.05, 0) is 31.5 Å². The highest BCUT2D eigenvalue weighted by atomic mass is 127.